The number of aromatic nitrogens is 2. The summed E-state index contributed by atoms with van der Waals surface area (Å²) in [6.07, 6.45) is 5.02. The highest BCUT2D eigenvalue weighted by Crippen LogP contribution is 2.24. The number of ether oxygens (including phenoxy) is 2. The third-order valence-corrected chi connectivity index (χ3v) is 3.84. The third kappa shape index (κ3) is 7.69. The Hall–Kier alpha value is -3.29. The van der Waals surface area contributed by atoms with Crippen molar-refractivity contribution in [1.82, 2.24) is 9.97 Å². The molecule has 3 rings (SSSR count). The molecule has 2 heterocycles. The maximum absolute atomic E-state index is 10.9. The minimum absolute atomic E-state index is 0.227. The van der Waals surface area contributed by atoms with Crippen molar-refractivity contribution in [2.24, 2.45) is 5.73 Å². The summed E-state index contributed by atoms with van der Waals surface area (Å²) in [6.45, 7) is 2.72. The van der Waals surface area contributed by atoms with Gasteiger partial charge in [-0.25, -0.2) is 9.97 Å². The lowest BCUT2D eigenvalue weighted by Gasteiger charge is -2.08. The Morgan fingerprint density at radius 1 is 1.07 bits per heavy atom. The minimum Gasteiger partial charge on any atom is -0.438 e. The van der Waals surface area contributed by atoms with E-state index in [4.69, 9.17) is 15.2 Å². The van der Waals surface area contributed by atoms with Gasteiger partial charge in [-0.1, -0.05) is 13.0 Å². The first-order chi connectivity index (χ1) is 14.2. The van der Waals surface area contributed by atoms with Crippen molar-refractivity contribution in [2.45, 2.75) is 19.4 Å². The number of hydrogen-bond acceptors (Lipinski definition) is 7. The number of carbonyl (C=O) groups is 1. The van der Waals surface area contributed by atoms with Crippen molar-refractivity contribution in [3.8, 4) is 11.6 Å². The van der Waals surface area contributed by atoms with Crippen LogP contribution in [0.15, 0.2) is 67.0 Å². The Kier molecular flexibility index (Phi) is 9.28. The number of hydrogen-bond donors (Lipinski definition) is 2. The number of nitrogens with two attached hydrogens (primary N) is 1. The molecule has 0 amide bonds. The maximum Gasteiger partial charge on any atom is 0.229 e. The summed E-state index contributed by atoms with van der Waals surface area (Å²) in [7, 11) is 1.66. The molecule has 1 aromatic carbocycles. The first-order valence-corrected chi connectivity index (χ1v) is 9.27. The van der Waals surface area contributed by atoms with E-state index in [0.717, 1.165) is 24.2 Å². The predicted molar refractivity (Wildman–Crippen MR) is 114 cm³/mol. The first-order valence-electron chi connectivity index (χ1n) is 9.27. The fourth-order valence-electron chi connectivity index (χ4n) is 2.21. The zero-order valence-corrected chi connectivity index (χ0v) is 16.6. The SMILES string of the molecule is CCC(N)COC.O=Cc1cccnc1Oc1ccc(Nc2ccccn2)cc1. The van der Waals surface area contributed by atoms with Crippen molar-refractivity contribution >= 4 is 17.8 Å². The number of benzene rings is 1. The second-order valence-corrected chi connectivity index (χ2v) is 6.11. The van der Waals surface area contributed by atoms with E-state index in [2.05, 4.69) is 15.3 Å². The van der Waals surface area contributed by atoms with E-state index < -0.39 is 0 Å². The highest BCUT2D eigenvalue weighted by Gasteiger charge is 2.05. The topological polar surface area (TPSA) is 99.4 Å². The van der Waals surface area contributed by atoms with Crippen LogP contribution in [-0.4, -0.2) is 36.0 Å². The molecule has 0 aliphatic heterocycles. The normalized spacial score (nSPS) is 11.0. The predicted octanol–water partition coefficient (Wildman–Crippen LogP) is 4.20. The maximum atomic E-state index is 10.9. The summed E-state index contributed by atoms with van der Waals surface area (Å²) in [5.74, 6) is 1.67. The van der Waals surface area contributed by atoms with Crippen LogP contribution in [0.1, 0.15) is 23.7 Å². The van der Waals surface area contributed by atoms with E-state index in [1.165, 1.54) is 0 Å². The molecule has 7 nitrogen and oxygen atoms in total. The zero-order chi connectivity index (χ0) is 20.9. The van der Waals surface area contributed by atoms with Crippen LogP contribution >= 0.6 is 0 Å². The molecule has 1 atom stereocenters. The molecule has 29 heavy (non-hydrogen) atoms. The van der Waals surface area contributed by atoms with Gasteiger partial charge in [0.25, 0.3) is 0 Å². The van der Waals surface area contributed by atoms with Gasteiger partial charge in [-0.15, -0.1) is 0 Å². The average molecular weight is 394 g/mol. The van der Waals surface area contributed by atoms with E-state index in [-0.39, 0.29) is 6.04 Å². The second-order valence-electron chi connectivity index (χ2n) is 6.11. The van der Waals surface area contributed by atoms with Crippen LogP contribution in [0.4, 0.5) is 11.5 Å². The van der Waals surface area contributed by atoms with Crippen LogP contribution in [-0.2, 0) is 4.74 Å². The number of nitrogens with one attached hydrogen (secondary N) is 1. The lowest BCUT2D eigenvalue weighted by atomic mass is 10.3. The number of aldehydes is 1. The van der Waals surface area contributed by atoms with E-state index >= 15 is 0 Å². The van der Waals surface area contributed by atoms with Gasteiger partial charge in [0.2, 0.25) is 5.88 Å². The molecule has 7 heteroatoms. The number of nitrogens with zero attached hydrogens (tertiary/aromatic N) is 2. The molecule has 0 aliphatic carbocycles. The molecule has 0 saturated heterocycles. The molecule has 0 aliphatic rings. The summed E-state index contributed by atoms with van der Waals surface area (Å²) in [5, 5.41) is 3.18. The van der Waals surface area contributed by atoms with Gasteiger partial charge in [0.15, 0.2) is 6.29 Å². The first kappa shape index (κ1) is 22.0. The Bertz CT molecular complexity index is 857. The van der Waals surface area contributed by atoms with E-state index in [1.54, 1.807) is 43.8 Å². The number of methoxy groups -OCH3 is 1. The number of rotatable bonds is 8. The van der Waals surface area contributed by atoms with Crippen LogP contribution in [0.25, 0.3) is 0 Å². The number of carbonyl (C=O) groups excluding carboxylic acids is 1. The molecule has 1 unspecified atom stereocenters. The van der Waals surface area contributed by atoms with Crippen molar-refractivity contribution in [3.63, 3.8) is 0 Å². The summed E-state index contributed by atoms with van der Waals surface area (Å²) in [4.78, 5) is 19.2. The largest absolute Gasteiger partial charge is 0.438 e. The molecule has 0 bridgehead atoms. The fourth-order valence-corrected chi connectivity index (χ4v) is 2.21. The summed E-state index contributed by atoms with van der Waals surface area (Å²) in [6, 6.07) is 16.6. The minimum atomic E-state index is 0.227. The third-order valence-electron chi connectivity index (χ3n) is 3.84. The molecule has 3 N–H and O–H groups in total. The number of anilines is 2. The molecule has 0 fully saturated rings. The van der Waals surface area contributed by atoms with Gasteiger partial charge in [0.05, 0.1) is 12.2 Å². The van der Waals surface area contributed by atoms with Crippen molar-refractivity contribution in [3.05, 3.63) is 72.6 Å². The molecule has 2 aromatic heterocycles. The molecule has 0 spiro atoms. The average Bonchev–Trinajstić information content (AvgIpc) is 2.77. The lowest BCUT2D eigenvalue weighted by Crippen LogP contribution is -2.23. The van der Waals surface area contributed by atoms with E-state index in [9.17, 15) is 4.79 Å². The molecule has 0 saturated carbocycles. The van der Waals surface area contributed by atoms with Crippen LogP contribution in [0.2, 0.25) is 0 Å². The van der Waals surface area contributed by atoms with Gasteiger partial charge in [0.1, 0.15) is 11.6 Å². The molecular weight excluding hydrogens is 368 g/mol. The molecule has 3 aromatic rings. The lowest BCUT2D eigenvalue weighted by molar-refractivity contribution is 0.112. The van der Waals surface area contributed by atoms with Gasteiger partial charge in [-0.3, -0.25) is 4.79 Å². The number of pyridine rings is 2. The van der Waals surface area contributed by atoms with Crippen molar-refractivity contribution < 1.29 is 14.3 Å². The molecule has 0 radical (unpaired) electrons. The summed E-state index contributed by atoms with van der Waals surface area (Å²) < 4.78 is 10.4. The Balaban J connectivity index is 0.000000370. The zero-order valence-electron chi connectivity index (χ0n) is 16.6. The van der Waals surface area contributed by atoms with Gasteiger partial charge in [-0.05, 0) is 55.0 Å². The molecule has 152 valence electrons. The Labute approximate surface area is 170 Å². The second kappa shape index (κ2) is 12.2. The van der Waals surface area contributed by atoms with E-state index in [1.807, 2.05) is 37.3 Å². The van der Waals surface area contributed by atoms with Crippen molar-refractivity contribution in [1.29, 1.82) is 0 Å². The Morgan fingerprint density at radius 2 is 1.83 bits per heavy atom. The summed E-state index contributed by atoms with van der Waals surface area (Å²) in [5.41, 5.74) is 6.76. The van der Waals surface area contributed by atoms with Crippen LogP contribution in [0, 0.1) is 0 Å². The highest BCUT2D eigenvalue weighted by molar-refractivity contribution is 5.78. The monoisotopic (exact) mass is 394 g/mol. The van der Waals surface area contributed by atoms with Crippen LogP contribution in [0.3, 0.4) is 0 Å². The molecular formula is C22H26N4O3. The highest BCUT2D eigenvalue weighted by atomic mass is 16.5. The van der Waals surface area contributed by atoms with E-state index in [0.29, 0.717) is 23.8 Å². The van der Waals surface area contributed by atoms with Gasteiger partial charge in [-0.2, -0.15) is 0 Å². The summed E-state index contributed by atoms with van der Waals surface area (Å²) >= 11 is 0. The van der Waals surface area contributed by atoms with Gasteiger partial charge < -0.3 is 20.5 Å². The smallest absolute Gasteiger partial charge is 0.229 e. The quantitative estimate of drug-likeness (QED) is 0.553. The Morgan fingerprint density at radius 3 is 2.41 bits per heavy atom. The van der Waals surface area contributed by atoms with Crippen LogP contribution < -0.4 is 15.8 Å². The fraction of sp³-hybridized carbons (Fsp3) is 0.227. The van der Waals surface area contributed by atoms with Gasteiger partial charge >= 0.3 is 0 Å². The van der Waals surface area contributed by atoms with Crippen molar-refractivity contribution in [2.75, 3.05) is 19.0 Å². The van der Waals surface area contributed by atoms with Crippen LogP contribution in [0.5, 0.6) is 11.6 Å². The van der Waals surface area contributed by atoms with Gasteiger partial charge in [0, 0.05) is 31.2 Å². The standard InChI is InChI=1S/C17H13N3O2.C5H13NO/c21-12-13-4-3-11-19-17(13)22-15-8-6-14(7-9-15)20-16-5-1-2-10-18-16;1-3-5(6)4-7-2/h1-12H,(H,18,20);5H,3-4,6H2,1-2H3.